The van der Waals surface area contributed by atoms with Crippen LogP contribution in [0.3, 0.4) is 0 Å². The summed E-state index contributed by atoms with van der Waals surface area (Å²) in [5.41, 5.74) is 1.45. The van der Waals surface area contributed by atoms with Crippen LogP contribution in [0.2, 0.25) is 5.02 Å². The van der Waals surface area contributed by atoms with Crippen molar-refractivity contribution >= 4 is 49.5 Å². The molecule has 1 aromatic carbocycles. The van der Waals surface area contributed by atoms with Gasteiger partial charge in [0.05, 0.1) is 11.2 Å². The highest BCUT2D eigenvalue weighted by Crippen LogP contribution is 2.36. The zero-order valence-electron chi connectivity index (χ0n) is 7.50. The van der Waals surface area contributed by atoms with Crippen LogP contribution in [-0.4, -0.2) is 4.98 Å². The Morgan fingerprint density at radius 2 is 2.13 bits per heavy atom. The van der Waals surface area contributed by atoms with Crippen molar-refractivity contribution in [1.82, 2.24) is 4.98 Å². The van der Waals surface area contributed by atoms with Gasteiger partial charge in [0.1, 0.15) is 0 Å². The largest absolute Gasteiger partial charge is 0.453 e. The van der Waals surface area contributed by atoms with Crippen molar-refractivity contribution in [3.63, 3.8) is 0 Å². The van der Waals surface area contributed by atoms with E-state index in [1.165, 1.54) is 0 Å². The zero-order valence-corrected chi connectivity index (χ0v) is 9.84. The van der Waals surface area contributed by atoms with Crippen molar-refractivity contribution in [2.24, 2.45) is 0 Å². The standard InChI is InChI=1S/C11H5BrClNO/c12-7-4-14-5-9-10(7)6-2-1-3-8(13)11(6)15-9/h1-5H. The molecule has 0 amide bonds. The SMILES string of the molecule is Clc1cccc2c1oc1cncc(Br)c12. The van der Waals surface area contributed by atoms with Crippen molar-refractivity contribution in [3.8, 4) is 0 Å². The van der Waals surface area contributed by atoms with Gasteiger partial charge in [-0.2, -0.15) is 0 Å². The predicted octanol–water partition coefficient (Wildman–Crippen LogP) is 4.40. The lowest BCUT2D eigenvalue weighted by Gasteiger charge is -1.92. The molecule has 0 N–H and O–H groups in total. The lowest BCUT2D eigenvalue weighted by Crippen LogP contribution is -1.72. The van der Waals surface area contributed by atoms with Crippen LogP contribution in [0.1, 0.15) is 0 Å². The fourth-order valence-electron chi connectivity index (χ4n) is 1.68. The average Bonchev–Trinajstić information content (AvgIpc) is 2.59. The van der Waals surface area contributed by atoms with Gasteiger partial charge in [0.2, 0.25) is 0 Å². The van der Waals surface area contributed by atoms with Gasteiger partial charge in [-0.25, -0.2) is 0 Å². The van der Waals surface area contributed by atoms with Gasteiger partial charge in [0.15, 0.2) is 11.2 Å². The fraction of sp³-hybridized carbons (Fsp3) is 0. The molecule has 0 radical (unpaired) electrons. The summed E-state index contributed by atoms with van der Waals surface area (Å²) in [6, 6.07) is 5.71. The number of aromatic nitrogens is 1. The van der Waals surface area contributed by atoms with Gasteiger partial charge in [0, 0.05) is 21.4 Å². The fourth-order valence-corrected chi connectivity index (χ4v) is 2.42. The van der Waals surface area contributed by atoms with E-state index < -0.39 is 0 Å². The van der Waals surface area contributed by atoms with Crippen LogP contribution >= 0.6 is 27.5 Å². The Balaban J connectivity index is 2.65. The highest BCUT2D eigenvalue weighted by Gasteiger charge is 2.11. The number of pyridine rings is 1. The molecule has 3 aromatic rings. The molecular formula is C11H5BrClNO. The molecule has 0 aliphatic carbocycles. The van der Waals surface area contributed by atoms with Gasteiger partial charge in [-0.05, 0) is 22.0 Å². The van der Waals surface area contributed by atoms with Crippen molar-refractivity contribution in [2.75, 3.05) is 0 Å². The topological polar surface area (TPSA) is 26.0 Å². The summed E-state index contributed by atoms with van der Waals surface area (Å²) in [7, 11) is 0. The molecule has 0 saturated heterocycles. The Kier molecular flexibility index (Phi) is 1.97. The van der Waals surface area contributed by atoms with E-state index in [0.29, 0.717) is 10.6 Å². The van der Waals surface area contributed by atoms with Crippen molar-refractivity contribution < 1.29 is 4.42 Å². The van der Waals surface area contributed by atoms with Crippen LogP contribution in [0.4, 0.5) is 0 Å². The average molecular weight is 283 g/mol. The number of rotatable bonds is 0. The quantitative estimate of drug-likeness (QED) is 0.611. The first-order valence-electron chi connectivity index (χ1n) is 4.37. The molecule has 0 fully saturated rings. The Labute approximate surface area is 99.0 Å². The number of halogens is 2. The van der Waals surface area contributed by atoms with E-state index in [4.69, 9.17) is 16.0 Å². The highest BCUT2D eigenvalue weighted by atomic mass is 79.9. The predicted molar refractivity (Wildman–Crippen MR) is 64.2 cm³/mol. The lowest BCUT2D eigenvalue weighted by molar-refractivity contribution is 0.667. The summed E-state index contributed by atoms with van der Waals surface area (Å²) >= 11 is 9.51. The smallest absolute Gasteiger partial charge is 0.154 e. The summed E-state index contributed by atoms with van der Waals surface area (Å²) in [6.45, 7) is 0. The molecule has 2 nitrogen and oxygen atoms in total. The first kappa shape index (κ1) is 9.19. The second-order valence-electron chi connectivity index (χ2n) is 3.21. The third kappa shape index (κ3) is 1.27. The van der Waals surface area contributed by atoms with Crippen LogP contribution < -0.4 is 0 Å². The Hall–Kier alpha value is -1.06. The number of benzene rings is 1. The number of nitrogens with zero attached hydrogens (tertiary/aromatic N) is 1. The maximum Gasteiger partial charge on any atom is 0.154 e. The Bertz CT molecular complexity index is 662. The maximum absolute atomic E-state index is 6.05. The molecule has 0 aliphatic heterocycles. The van der Waals surface area contributed by atoms with Gasteiger partial charge >= 0.3 is 0 Å². The molecular weight excluding hydrogens is 277 g/mol. The van der Waals surface area contributed by atoms with E-state index >= 15 is 0 Å². The number of furan rings is 1. The maximum atomic E-state index is 6.05. The number of fused-ring (bicyclic) bond motifs is 3. The minimum absolute atomic E-state index is 0.621. The summed E-state index contributed by atoms with van der Waals surface area (Å²) in [5.74, 6) is 0. The monoisotopic (exact) mass is 281 g/mol. The minimum Gasteiger partial charge on any atom is -0.453 e. The molecule has 0 bridgehead atoms. The van der Waals surface area contributed by atoms with Gasteiger partial charge in [-0.3, -0.25) is 4.98 Å². The van der Waals surface area contributed by atoms with Gasteiger partial charge in [0.25, 0.3) is 0 Å². The van der Waals surface area contributed by atoms with Crippen LogP contribution in [-0.2, 0) is 0 Å². The lowest BCUT2D eigenvalue weighted by atomic mass is 10.2. The van der Waals surface area contributed by atoms with E-state index in [9.17, 15) is 0 Å². The molecule has 15 heavy (non-hydrogen) atoms. The first-order valence-corrected chi connectivity index (χ1v) is 5.54. The highest BCUT2D eigenvalue weighted by molar-refractivity contribution is 9.10. The van der Waals surface area contributed by atoms with Gasteiger partial charge < -0.3 is 4.42 Å². The van der Waals surface area contributed by atoms with E-state index in [1.54, 1.807) is 12.4 Å². The molecule has 0 spiro atoms. The molecule has 74 valence electrons. The third-order valence-corrected chi connectivity index (χ3v) is 3.21. The minimum atomic E-state index is 0.621. The number of para-hydroxylation sites is 1. The Morgan fingerprint density at radius 1 is 1.27 bits per heavy atom. The summed E-state index contributed by atoms with van der Waals surface area (Å²) in [4.78, 5) is 4.05. The summed E-state index contributed by atoms with van der Waals surface area (Å²) in [6.07, 6.45) is 3.44. The second kappa shape index (κ2) is 3.22. The number of hydrogen-bond donors (Lipinski definition) is 0. The molecule has 0 saturated carbocycles. The number of hydrogen-bond acceptors (Lipinski definition) is 2. The molecule has 0 atom stereocenters. The van der Waals surface area contributed by atoms with Crippen LogP contribution in [0, 0.1) is 0 Å². The summed E-state index contributed by atoms with van der Waals surface area (Å²) in [5, 5.41) is 2.64. The third-order valence-electron chi connectivity index (χ3n) is 2.31. The van der Waals surface area contributed by atoms with Crippen LogP contribution in [0.25, 0.3) is 21.9 Å². The molecule has 0 unspecified atom stereocenters. The summed E-state index contributed by atoms with van der Waals surface area (Å²) < 4.78 is 6.56. The van der Waals surface area contributed by atoms with Gasteiger partial charge in [-0.1, -0.05) is 23.7 Å². The molecule has 2 aromatic heterocycles. The van der Waals surface area contributed by atoms with Crippen molar-refractivity contribution in [3.05, 3.63) is 40.1 Å². The second-order valence-corrected chi connectivity index (χ2v) is 4.47. The molecule has 3 rings (SSSR count). The van der Waals surface area contributed by atoms with E-state index in [1.807, 2.05) is 18.2 Å². The van der Waals surface area contributed by atoms with Crippen molar-refractivity contribution in [1.29, 1.82) is 0 Å². The van der Waals surface area contributed by atoms with Crippen LogP contribution in [0.5, 0.6) is 0 Å². The molecule has 2 heterocycles. The molecule has 4 heteroatoms. The van der Waals surface area contributed by atoms with Gasteiger partial charge in [-0.15, -0.1) is 0 Å². The molecule has 0 aliphatic rings. The van der Waals surface area contributed by atoms with Crippen LogP contribution in [0.15, 0.2) is 39.5 Å². The Morgan fingerprint density at radius 3 is 3.00 bits per heavy atom. The zero-order chi connectivity index (χ0) is 10.4. The van der Waals surface area contributed by atoms with E-state index in [2.05, 4.69) is 20.9 Å². The van der Waals surface area contributed by atoms with Crippen molar-refractivity contribution in [2.45, 2.75) is 0 Å². The normalized spacial score (nSPS) is 11.3. The van der Waals surface area contributed by atoms with E-state index in [-0.39, 0.29) is 0 Å². The first-order chi connectivity index (χ1) is 7.27. The van der Waals surface area contributed by atoms with E-state index in [0.717, 1.165) is 20.8 Å².